The van der Waals surface area contributed by atoms with Gasteiger partial charge in [-0.15, -0.1) is 0 Å². The molecule has 0 aromatic rings. The van der Waals surface area contributed by atoms with E-state index in [-0.39, 0.29) is 17.2 Å². The van der Waals surface area contributed by atoms with Crippen molar-refractivity contribution < 1.29 is 19.4 Å². The average Bonchev–Trinajstić information content (AvgIpc) is 2.29. The molecule has 0 radical (unpaired) electrons. The van der Waals surface area contributed by atoms with Crippen LogP contribution in [-0.2, 0) is 9.53 Å². The number of carbonyl (C=O) groups excluding carboxylic acids is 1. The Morgan fingerprint density at radius 2 is 1.82 bits per heavy atom. The first-order valence-corrected chi connectivity index (χ1v) is 8.04. The van der Waals surface area contributed by atoms with Gasteiger partial charge in [-0.05, 0) is 34.1 Å². The first-order chi connectivity index (χ1) is 10.0. The summed E-state index contributed by atoms with van der Waals surface area (Å²) in [5.41, 5.74) is -0.248. The molecule has 1 aliphatic rings. The first-order valence-electron chi connectivity index (χ1n) is 8.04. The maximum absolute atomic E-state index is 12.0. The average molecular weight is 314 g/mol. The van der Waals surface area contributed by atoms with E-state index in [0.29, 0.717) is 19.3 Å². The number of nitrogens with one attached hydrogen (secondary N) is 2. The van der Waals surface area contributed by atoms with Crippen LogP contribution >= 0.6 is 0 Å². The molecule has 3 N–H and O–H groups in total. The zero-order chi connectivity index (χ0) is 17.0. The Morgan fingerprint density at radius 3 is 2.27 bits per heavy atom. The summed E-state index contributed by atoms with van der Waals surface area (Å²) in [5.74, 6) is -1.02. The molecular formula is C16H30N2O4. The van der Waals surface area contributed by atoms with Gasteiger partial charge in [-0.25, -0.2) is 9.59 Å². The van der Waals surface area contributed by atoms with Crippen LogP contribution in [-0.4, -0.2) is 40.4 Å². The Balaban J connectivity index is 2.57. The van der Waals surface area contributed by atoms with Crippen LogP contribution in [0.2, 0.25) is 0 Å². The first kappa shape index (κ1) is 18.7. The van der Waals surface area contributed by atoms with Crippen LogP contribution in [0.25, 0.3) is 0 Å². The normalized spacial score (nSPS) is 21.9. The Bertz CT molecular complexity index is 391. The lowest BCUT2D eigenvalue weighted by Gasteiger charge is -2.45. The van der Waals surface area contributed by atoms with Crippen LogP contribution in [0, 0.1) is 0 Å². The summed E-state index contributed by atoms with van der Waals surface area (Å²) in [7, 11) is 0. The van der Waals surface area contributed by atoms with Gasteiger partial charge < -0.3 is 20.5 Å². The highest BCUT2D eigenvalue weighted by Crippen LogP contribution is 2.30. The van der Waals surface area contributed by atoms with Gasteiger partial charge in [0, 0.05) is 23.9 Å². The molecule has 0 aromatic carbocycles. The van der Waals surface area contributed by atoms with Crippen LogP contribution in [0.1, 0.15) is 66.7 Å². The van der Waals surface area contributed by atoms with Gasteiger partial charge in [0.2, 0.25) is 0 Å². The molecule has 6 nitrogen and oxygen atoms in total. The standard InChI is InChI=1S/C16H30N2O4/c1-6-7-8-12(13(19)20)17-14(21)22-11-9-15(2,3)18-16(4,5)10-11/h11-12,18H,6-10H2,1-5H3,(H,17,21)(H,19,20). The summed E-state index contributed by atoms with van der Waals surface area (Å²) in [4.78, 5) is 23.2. The van der Waals surface area contributed by atoms with Crippen molar-refractivity contribution in [1.82, 2.24) is 10.6 Å². The van der Waals surface area contributed by atoms with E-state index in [9.17, 15) is 9.59 Å². The van der Waals surface area contributed by atoms with Gasteiger partial charge in [-0.3, -0.25) is 0 Å². The van der Waals surface area contributed by atoms with E-state index < -0.39 is 18.1 Å². The number of piperidine rings is 1. The molecule has 1 saturated heterocycles. The van der Waals surface area contributed by atoms with E-state index >= 15 is 0 Å². The summed E-state index contributed by atoms with van der Waals surface area (Å²) in [6, 6.07) is -0.879. The van der Waals surface area contributed by atoms with Crippen molar-refractivity contribution in [1.29, 1.82) is 0 Å². The smallest absolute Gasteiger partial charge is 0.408 e. The lowest BCUT2D eigenvalue weighted by Crippen LogP contribution is -2.60. The van der Waals surface area contributed by atoms with E-state index in [1.807, 2.05) is 6.92 Å². The fourth-order valence-corrected chi connectivity index (χ4v) is 3.31. The number of hydrogen-bond donors (Lipinski definition) is 3. The van der Waals surface area contributed by atoms with E-state index in [4.69, 9.17) is 9.84 Å². The largest absolute Gasteiger partial charge is 0.480 e. The summed E-state index contributed by atoms with van der Waals surface area (Å²) < 4.78 is 5.47. The minimum Gasteiger partial charge on any atom is -0.480 e. The highest BCUT2D eigenvalue weighted by molar-refractivity contribution is 5.79. The molecule has 128 valence electrons. The zero-order valence-electron chi connectivity index (χ0n) is 14.4. The van der Waals surface area contributed by atoms with Crippen LogP contribution in [0.5, 0.6) is 0 Å². The molecule has 1 heterocycles. The van der Waals surface area contributed by atoms with Gasteiger partial charge in [0.25, 0.3) is 0 Å². The number of amides is 1. The predicted molar refractivity (Wildman–Crippen MR) is 84.9 cm³/mol. The summed E-state index contributed by atoms with van der Waals surface area (Å²) in [6.45, 7) is 10.3. The van der Waals surface area contributed by atoms with Crippen molar-refractivity contribution >= 4 is 12.1 Å². The second kappa shape index (κ2) is 7.31. The van der Waals surface area contributed by atoms with Gasteiger partial charge in [0.15, 0.2) is 0 Å². The monoisotopic (exact) mass is 314 g/mol. The van der Waals surface area contributed by atoms with Crippen molar-refractivity contribution in [2.24, 2.45) is 0 Å². The van der Waals surface area contributed by atoms with Crippen molar-refractivity contribution in [3.05, 3.63) is 0 Å². The van der Waals surface area contributed by atoms with Gasteiger partial charge in [0.1, 0.15) is 12.1 Å². The van der Waals surface area contributed by atoms with Gasteiger partial charge in [-0.2, -0.15) is 0 Å². The highest BCUT2D eigenvalue weighted by atomic mass is 16.6. The van der Waals surface area contributed by atoms with E-state index in [1.54, 1.807) is 0 Å². The number of carbonyl (C=O) groups is 2. The third-order valence-electron chi connectivity index (χ3n) is 3.86. The second-order valence-corrected chi connectivity index (χ2v) is 7.51. The summed E-state index contributed by atoms with van der Waals surface area (Å²) in [6.07, 6.45) is 2.62. The van der Waals surface area contributed by atoms with Gasteiger partial charge >= 0.3 is 12.1 Å². The molecular weight excluding hydrogens is 284 g/mol. The van der Waals surface area contributed by atoms with Crippen LogP contribution in [0.4, 0.5) is 4.79 Å². The van der Waals surface area contributed by atoms with Gasteiger partial charge in [0.05, 0.1) is 0 Å². The third-order valence-corrected chi connectivity index (χ3v) is 3.86. The molecule has 1 amide bonds. The van der Waals surface area contributed by atoms with Crippen molar-refractivity contribution in [2.45, 2.75) is 89.9 Å². The van der Waals surface area contributed by atoms with Crippen LogP contribution in [0.15, 0.2) is 0 Å². The zero-order valence-corrected chi connectivity index (χ0v) is 14.4. The lowest BCUT2D eigenvalue weighted by atomic mass is 9.81. The fourth-order valence-electron chi connectivity index (χ4n) is 3.31. The molecule has 0 spiro atoms. The Labute approximate surface area is 133 Å². The number of rotatable bonds is 6. The number of carboxylic acid groups (broad SMARTS) is 1. The molecule has 0 aliphatic carbocycles. The molecule has 6 heteroatoms. The molecule has 22 heavy (non-hydrogen) atoms. The summed E-state index contributed by atoms with van der Waals surface area (Å²) >= 11 is 0. The number of hydrogen-bond acceptors (Lipinski definition) is 4. The van der Waals surface area contributed by atoms with Crippen LogP contribution in [0.3, 0.4) is 0 Å². The maximum atomic E-state index is 12.0. The summed E-state index contributed by atoms with van der Waals surface area (Å²) in [5, 5.41) is 15.1. The molecule has 1 unspecified atom stereocenters. The number of unbranched alkanes of at least 4 members (excludes halogenated alkanes) is 1. The van der Waals surface area contributed by atoms with E-state index in [0.717, 1.165) is 12.8 Å². The number of ether oxygens (including phenoxy) is 1. The molecule has 1 rings (SSSR count). The molecule has 1 aliphatic heterocycles. The van der Waals surface area contributed by atoms with Crippen molar-refractivity contribution in [3.8, 4) is 0 Å². The fraction of sp³-hybridized carbons (Fsp3) is 0.875. The second-order valence-electron chi connectivity index (χ2n) is 7.51. The maximum Gasteiger partial charge on any atom is 0.408 e. The Hall–Kier alpha value is -1.30. The van der Waals surface area contributed by atoms with Gasteiger partial charge in [-0.1, -0.05) is 19.8 Å². The minimum absolute atomic E-state index is 0.124. The predicted octanol–water partition coefficient (Wildman–Crippen LogP) is 2.67. The van der Waals surface area contributed by atoms with Crippen molar-refractivity contribution in [2.75, 3.05) is 0 Å². The molecule has 1 atom stereocenters. The molecule has 0 bridgehead atoms. The van der Waals surface area contributed by atoms with Crippen LogP contribution < -0.4 is 10.6 Å². The topological polar surface area (TPSA) is 87.7 Å². The Morgan fingerprint density at radius 1 is 1.27 bits per heavy atom. The number of carboxylic acids is 1. The number of aliphatic carboxylic acids is 1. The molecule has 0 saturated carbocycles. The minimum atomic E-state index is -1.02. The molecule has 1 fully saturated rings. The highest BCUT2D eigenvalue weighted by Gasteiger charge is 2.39. The lowest BCUT2D eigenvalue weighted by molar-refractivity contribution is -0.139. The van der Waals surface area contributed by atoms with E-state index in [1.165, 1.54) is 0 Å². The van der Waals surface area contributed by atoms with E-state index in [2.05, 4.69) is 38.3 Å². The molecule has 0 aromatic heterocycles. The Kier molecular flexibility index (Phi) is 6.23. The number of alkyl carbamates (subject to hydrolysis) is 1. The third kappa shape index (κ3) is 6.22. The quantitative estimate of drug-likeness (QED) is 0.701. The SMILES string of the molecule is CCCCC(NC(=O)OC1CC(C)(C)NC(C)(C)C1)C(=O)O. The van der Waals surface area contributed by atoms with Crippen molar-refractivity contribution in [3.63, 3.8) is 0 Å².